The van der Waals surface area contributed by atoms with Crippen LogP contribution in [0.15, 0.2) is 24.3 Å². The summed E-state index contributed by atoms with van der Waals surface area (Å²) in [7, 11) is 1.85. The Morgan fingerprint density at radius 1 is 1.37 bits per heavy atom. The van der Waals surface area contributed by atoms with Gasteiger partial charge in [0.05, 0.1) is 0 Å². The van der Waals surface area contributed by atoms with Gasteiger partial charge in [0.2, 0.25) is 5.91 Å². The molecule has 104 valence electrons. The van der Waals surface area contributed by atoms with Crippen molar-refractivity contribution in [3.05, 3.63) is 24.3 Å². The van der Waals surface area contributed by atoms with Crippen molar-refractivity contribution >= 4 is 17.3 Å². The lowest BCUT2D eigenvalue weighted by molar-refractivity contribution is -0.127. The molecule has 1 amide bonds. The van der Waals surface area contributed by atoms with Gasteiger partial charge in [0, 0.05) is 24.3 Å². The third-order valence-corrected chi connectivity index (χ3v) is 4.39. The van der Waals surface area contributed by atoms with E-state index >= 15 is 0 Å². The Labute approximate surface area is 115 Å². The third-order valence-electron chi connectivity index (χ3n) is 4.39. The van der Waals surface area contributed by atoms with Crippen LogP contribution in [0.1, 0.15) is 39.5 Å². The van der Waals surface area contributed by atoms with E-state index in [4.69, 9.17) is 5.73 Å². The molecule has 0 radical (unpaired) electrons. The first kappa shape index (κ1) is 13.9. The number of benzene rings is 1. The highest BCUT2D eigenvalue weighted by molar-refractivity contribution is 5.95. The van der Waals surface area contributed by atoms with E-state index in [0.29, 0.717) is 5.69 Å². The van der Waals surface area contributed by atoms with Gasteiger partial charge in [-0.3, -0.25) is 4.79 Å². The molecule has 3 heteroatoms. The fraction of sp³-hybridized carbons (Fsp3) is 0.562. The second-order valence-corrected chi connectivity index (χ2v) is 6.28. The molecule has 1 aliphatic rings. The number of carbonyl (C=O) groups excluding carboxylic acids is 1. The summed E-state index contributed by atoms with van der Waals surface area (Å²) in [5, 5.41) is 0. The predicted octanol–water partition coefficient (Wildman–Crippen LogP) is 3.45. The SMILES string of the molecule is CN(C(=O)C1CCCCC1(C)C)c1cccc(N)c1. The van der Waals surface area contributed by atoms with E-state index in [0.717, 1.165) is 24.9 Å². The zero-order valence-electron chi connectivity index (χ0n) is 12.1. The van der Waals surface area contributed by atoms with Crippen LogP contribution in [0.5, 0.6) is 0 Å². The van der Waals surface area contributed by atoms with Crippen LogP contribution in [0, 0.1) is 11.3 Å². The normalized spacial score (nSPS) is 21.9. The molecule has 1 fully saturated rings. The molecule has 1 aromatic rings. The summed E-state index contributed by atoms with van der Waals surface area (Å²) in [6, 6.07) is 7.52. The summed E-state index contributed by atoms with van der Waals surface area (Å²) in [5.74, 6) is 0.336. The highest BCUT2D eigenvalue weighted by Gasteiger charge is 2.38. The van der Waals surface area contributed by atoms with Crippen LogP contribution < -0.4 is 10.6 Å². The number of nitrogen functional groups attached to an aromatic ring is 1. The minimum Gasteiger partial charge on any atom is -0.399 e. The maximum absolute atomic E-state index is 12.7. The van der Waals surface area contributed by atoms with Gasteiger partial charge in [0.1, 0.15) is 0 Å². The van der Waals surface area contributed by atoms with Gasteiger partial charge in [-0.2, -0.15) is 0 Å². The van der Waals surface area contributed by atoms with Gasteiger partial charge < -0.3 is 10.6 Å². The van der Waals surface area contributed by atoms with Crippen molar-refractivity contribution in [3.8, 4) is 0 Å². The van der Waals surface area contributed by atoms with Gasteiger partial charge in [-0.1, -0.05) is 32.8 Å². The minimum absolute atomic E-state index is 0.101. The van der Waals surface area contributed by atoms with Crippen LogP contribution >= 0.6 is 0 Å². The van der Waals surface area contributed by atoms with Crippen LogP contribution in [-0.4, -0.2) is 13.0 Å². The number of amides is 1. The molecule has 0 heterocycles. The third kappa shape index (κ3) is 2.91. The zero-order chi connectivity index (χ0) is 14.0. The molecule has 1 atom stereocenters. The topological polar surface area (TPSA) is 46.3 Å². The van der Waals surface area contributed by atoms with E-state index in [1.54, 1.807) is 4.90 Å². The van der Waals surface area contributed by atoms with Crippen LogP contribution in [0.2, 0.25) is 0 Å². The van der Waals surface area contributed by atoms with Gasteiger partial charge in [-0.25, -0.2) is 0 Å². The number of nitrogens with two attached hydrogens (primary N) is 1. The summed E-state index contributed by atoms with van der Waals surface area (Å²) >= 11 is 0. The fourth-order valence-electron chi connectivity index (χ4n) is 3.05. The zero-order valence-corrected chi connectivity index (χ0v) is 12.1. The second kappa shape index (κ2) is 5.24. The van der Waals surface area contributed by atoms with Gasteiger partial charge in [-0.15, -0.1) is 0 Å². The number of hydrogen-bond donors (Lipinski definition) is 1. The quantitative estimate of drug-likeness (QED) is 0.828. The van der Waals surface area contributed by atoms with Crippen molar-refractivity contribution in [2.45, 2.75) is 39.5 Å². The lowest BCUT2D eigenvalue weighted by Gasteiger charge is -2.39. The highest BCUT2D eigenvalue weighted by Crippen LogP contribution is 2.41. The van der Waals surface area contributed by atoms with Crippen LogP contribution in [-0.2, 0) is 4.79 Å². The maximum Gasteiger partial charge on any atom is 0.230 e. The molecule has 1 saturated carbocycles. The van der Waals surface area contributed by atoms with Gasteiger partial charge in [-0.05, 0) is 36.5 Å². The first-order chi connectivity index (χ1) is 8.92. The van der Waals surface area contributed by atoms with Crippen LogP contribution in [0.4, 0.5) is 11.4 Å². The summed E-state index contributed by atoms with van der Waals surface area (Å²) < 4.78 is 0. The molecular formula is C16H24N2O. The largest absolute Gasteiger partial charge is 0.399 e. The van der Waals surface area contributed by atoms with Crippen molar-refractivity contribution in [2.75, 3.05) is 17.7 Å². The summed E-state index contributed by atoms with van der Waals surface area (Å²) in [5.41, 5.74) is 7.47. The molecule has 0 aromatic heterocycles. The van der Waals surface area contributed by atoms with Crippen LogP contribution in [0.3, 0.4) is 0 Å². The number of nitrogens with zero attached hydrogens (tertiary/aromatic N) is 1. The Kier molecular flexibility index (Phi) is 3.83. The minimum atomic E-state index is 0.101. The summed E-state index contributed by atoms with van der Waals surface area (Å²) in [6.07, 6.45) is 4.52. The maximum atomic E-state index is 12.7. The molecule has 3 nitrogen and oxygen atoms in total. The number of rotatable bonds is 2. The first-order valence-electron chi connectivity index (χ1n) is 7.05. The molecule has 1 aromatic carbocycles. The lowest BCUT2D eigenvalue weighted by atomic mass is 9.68. The van der Waals surface area contributed by atoms with Gasteiger partial charge >= 0.3 is 0 Å². The molecule has 0 saturated heterocycles. The lowest BCUT2D eigenvalue weighted by Crippen LogP contribution is -2.42. The molecule has 1 unspecified atom stereocenters. The van der Waals surface area contributed by atoms with Crippen molar-refractivity contribution < 1.29 is 4.79 Å². The van der Waals surface area contributed by atoms with E-state index in [9.17, 15) is 4.79 Å². The summed E-state index contributed by atoms with van der Waals surface area (Å²) in [6.45, 7) is 4.42. The molecule has 0 spiro atoms. The molecule has 2 N–H and O–H groups in total. The van der Waals surface area contributed by atoms with Crippen molar-refractivity contribution in [1.29, 1.82) is 0 Å². The smallest absolute Gasteiger partial charge is 0.230 e. The van der Waals surface area contributed by atoms with Crippen molar-refractivity contribution in [2.24, 2.45) is 11.3 Å². The molecule has 19 heavy (non-hydrogen) atoms. The summed E-state index contributed by atoms with van der Waals surface area (Å²) in [4.78, 5) is 14.5. The van der Waals surface area contributed by atoms with E-state index in [1.165, 1.54) is 6.42 Å². The van der Waals surface area contributed by atoms with Crippen molar-refractivity contribution in [1.82, 2.24) is 0 Å². The molecule has 2 rings (SSSR count). The number of hydrogen-bond acceptors (Lipinski definition) is 2. The molecule has 1 aliphatic carbocycles. The van der Waals surface area contributed by atoms with E-state index < -0.39 is 0 Å². The fourth-order valence-corrected chi connectivity index (χ4v) is 3.05. The Morgan fingerprint density at radius 2 is 2.11 bits per heavy atom. The molecule has 0 bridgehead atoms. The average Bonchev–Trinajstić information content (AvgIpc) is 2.36. The molecular weight excluding hydrogens is 236 g/mol. The van der Waals surface area contributed by atoms with Gasteiger partial charge in [0.15, 0.2) is 0 Å². The highest BCUT2D eigenvalue weighted by atomic mass is 16.2. The molecule has 0 aliphatic heterocycles. The number of anilines is 2. The van der Waals surface area contributed by atoms with E-state index in [1.807, 2.05) is 31.3 Å². The van der Waals surface area contributed by atoms with E-state index in [2.05, 4.69) is 13.8 Å². The average molecular weight is 260 g/mol. The monoisotopic (exact) mass is 260 g/mol. The predicted molar refractivity (Wildman–Crippen MR) is 80.0 cm³/mol. The van der Waals surface area contributed by atoms with Crippen molar-refractivity contribution in [3.63, 3.8) is 0 Å². The first-order valence-corrected chi connectivity index (χ1v) is 7.05. The Balaban J connectivity index is 2.19. The Morgan fingerprint density at radius 3 is 2.74 bits per heavy atom. The van der Waals surface area contributed by atoms with E-state index in [-0.39, 0.29) is 17.2 Å². The number of carbonyl (C=O) groups is 1. The van der Waals surface area contributed by atoms with Crippen LogP contribution in [0.25, 0.3) is 0 Å². The Hall–Kier alpha value is -1.51. The Bertz CT molecular complexity index is 468. The van der Waals surface area contributed by atoms with Gasteiger partial charge in [0.25, 0.3) is 0 Å². The second-order valence-electron chi connectivity index (χ2n) is 6.28. The standard InChI is InChI=1S/C16H24N2O/c1-16(2)10-5-4-9-14(16)15(19)18(3)13-8-6-7-12(17)11-13/h6-8,11,14H,4-5,9-10,17H2,1-3H3.